The van der Waals surface area contributed by atoms with Crippen LogP contribution < -0.4 is 10.2 Å². The Balaban J connectivity index is 3.80. The zero-order valence-electron chi connectivity index (χ0n) is 44.0. The number of hydrogen-bond donors (Lipinski definition) is 2. The van der Waals surface area contributed by atoms with Crippen molar-refractivity contribution in [3.05, 3.63) is 24.3 Å². The molecule has 0 spiro atoms. The number of rotatable bonds is 52. The molecule has 0 aromatic rings. The van der Waals surface area contributed by atoms with Crippen LogP contribution in [0.4, 0.5) is 0 Å². The summed E-state index contributed by atoms with van der Waals surface area (Å²) in [7, 11) is 1.25. The molecule has 0 radical (unpaired) electrons. The van der Waals surface area contributed by atoms with Crippen molar-refractivity contribution in [1.29, 1.82) is 0 Å². The van der Waals surface area contributed by atoms with E-state index in [4.69, 9.17) is 9.05 Å². The average Bonchev–Trinajstić information content (AvgIpc) is 3.26. The Morgan fingerprint density at radius 2 is 0.862 bits per heavy atom. The van der Waals surface area contributed by atoms with Gasteiger partial charge >= 0.3 is 0 Å². The highest BCUT2D eigenvalue weighted by Crippen LogP contribution is 2.38. The number of nitrogens with zero attached hydrogens (tertiary/aromatic N) is 1. The first-order chi connectivity index (χ1) is 31.5. The molecule has 9 heteroatoms. The van der Waals surface area contributed by atoms with Gasteiger partial charge in [-0.05, 0) is 25.7 Å². The van der Waals surface area contributed by atoms with Gasteiger partial charge in [-0.2, -0.15) is 0 Å². The fourth-order valence-electron chi connectivity index (χ4n) is 8.45. The summed E-state index contributed by atoms with van der Waals surface area (Å²) in [5, 5.41) is 13.7. The van der Waals surface area contributed by atoms with Crippen molar-refractivity contribution in [2.75, 3.05) is 40.9 Å². The summed E-state index contributed by atoms with van der Waals surface area (Å²) in [4.78, 5) is 25.3. The van der Waals surface area contributed by atoms with Crippen LogP contribution in [0.1, 0.15) is 277 Å². The SMILES string of the molecule is CCCC/C=C/CC/C=C/C(O)C(COP(=O)([O-])OCC[N+](C)(C)C)NC(=O)CCCCCCCCCCCCCCCCCCCCCCCCCCCCCCCCCCCCC. The van der Waals surface area contributed by atoms with E-state index in [-0.39, 0.29) is 19.1 Å². The Bertz CT molecular complexity index is 1110. The third-order valence-electron chi connectivity index (χ3n) is 12.9. The second-order valence-electron chi connectivity index (χ2n) is 20.6. The Morgan fingerprint density at radius 1 is 0.523 bits per heavy atom. The second-order valence-corrected chi connectivity index (χ2v) is 22.1. The number of nitrogens with one attached hydrogen (secondary N) is 1. The van der Waals surface area contributed by atoms with Gasteiger partial charge in [-0.25, -0.2) is 0 Å². The van der Waals surface area contributed by atoms with Gasteiger partial charge in [0.25, 0.3) is 7.82 Å². The predicted octanol–water partition coefficient (Wildman–Crippen LogP) is 16.2. The Kier molecular flexibility index (Phi) is 47.3. The molecule has 0 heterocycles. The number of phosphoric ester groups is 1. The summed E-state index contributed by atoms with van der Waals surface area (Å²) in [5.41, 5.74) is 0. The highest BCUT2D eigenvalue weighted by atomic mass is 31.2. The number of phosphoric acid groups is 1. The molecule has 3 unspecified atom stereocenters. The van der Waals surface area contributed by atoms with Gasteiger partial charge in [-0.1, -0.05) is 269 Å². The maximum absolute atomic E-state index is 12.9. The molecule has 0 aliphatic heterocycles. The Morgan fingerprint density at radius 3 is 1.23 bits per heavy atom. The van der Waals surface area contributed by atoms with Gasteiger partial charge in [0.05, 0.1) is 39.9 Å². The van der Waals surface area contributed by atoms with Crippen LogP contribution in [0.2, 0.25) is 0 Å². The van der Waals surface area contributed by atoms with E-state index in [2.05, 4.69) is 31.3 Å². The predicted molar refractivity (Wildman–Crippen MR) is 279 cm³/mol. The maximum Gasteiger partial charge on any atom is 0.268 e. The van der Waals surface area contributed by atoms with E-state index >= 15 is 0 Å². The summed E-state index contributed by atoms with van der Waals surface area (Å²) in [6.07, 6.45) is 60.3. The molecule has 0 rings (SSSR count). The summed E-state index contributed by atoms with van der Waals surface area (Å²) < 4.78 is 23.1. The topological polar surface area (TPSA) is 108 Å². The maximum atomic E-state index is 12.9. The number of unbranched alkanes of at least 4 members (excludes halogenated alkanes) is 37. The van der Waals surface area contributed by atoms with Gasteiger partial charge < -0.3 is 28.8 Å². The van der Waals surface area contributed by atoms with Crippen LogP contribution >= 0.6 is 7.82 Å². The number of allylic oxidation sites excluding steroid dienone is 3. The van der Waals surface area contributed by atoms with Crippen molar-refractivity contribution < 1.29 is 32.9 Å². The zero-order chi connectivity index (χ0) is 47.8. The van der Waals surface area contributed by atoms with Crippen molar-refractivity contribution in [3.63, 3.8) is 0 Å². The van der Waals surface area contributed by atoms with E-state index in [1.54, 1.807) is 6.08 Å². The Labute approximate surface area is 404 Å². The van der Waals surface area contributed by atoms with Crippen LogP contribution in [0.25, 0.3) is 0 Å². The highest BCUT2D eigenvalue weighted by Gasteiger charge is 2.23. The van der Waals surface area contributed by atoms with Gasteiger partial charge in [0.15, 0.2) is 0 Å². The van der Waals surface area contributed by atoms with Gasteiger partial charge in [0, 0.05) is 6.42 Å². The molecule has 386 valence electrons. The summed E-state index contributed by atoms with van der Waals surface area (Å²) in [5.74, 6) is -0.206. The van der Waals surface area contributed by atoms with Crippen LogP contribution in [0, 0.1) is 0 Å². The second kappa shape index (κ2) is 48.0. The van der Waals surface area contributed by atoms with E-state index in [9.17, 15) is 19.4 Å². The molecule has 0 aromatic carbocycles. The minimum atomic E-state index is -4.59. The molecule has 0 aliphatic rings. The molecule has 0 fully saturated rings. The number of carbonyl (C=O) groups excluding carboxylic acids is 1. The number of carbonyl (C=O) groups is 1. The third kappa shape index (κ3) is 50.7. The quantitative estimate of drug-likeness (QED) is 0.0272. The number of amides is 1. The number of hydrogen-bond acceptors (Lipinski definition) is 6. The van der Waals surface area contributed by atoms with Gasteiger partial charge in [0.2, 0.25) is 5.91 Å². The van der Waals surface area contributed by atoms with Gasteiger partial charge in [-0.3, -0.25) is 9.36 Å². The molecule has 0 saturated carbocycles. The van der Waals surface area contributed by atoms with Crippen LogP contribution in [-0.2, 0) is 18.4 Å². The molecule has 3 atom stereocenters. The van der Waals surface area contributed by atoms with Crippen molar-refractivity contribution in [2.24, 2.45) is 0 Å². The summed E-state index contributed by atoms with van der Waals surface area (Å²) in [6, 6.07) is -0.897. The molecule has 65 heavy (non-hydrogen) atoms. The fraction of sp³-hybridized carbons (Fsp3) is 0.911. The van der Waals surface area contributed by atoms with Crippen LogP contribution in [-0.4, -0.2) is 68.5 Å². The first-order valence-corrected chi connectivity index (χ1v) is 29.7. The minimum absolute atomic E-state index is 0.00468. The number of quaternary nitrogens is 1. The van der Waals surface area contributed by atoms with Crippen molar-refractivity contribution >= 4 is 13.7 Å². The average molecular weight is 939 g/mol. The van der Waals surface area contributed by atoms with Gasteiger partial charge in [0.1, 0.15) is 13.2 Å². The Hall–Kier alpha value is -1.02. The fourth-order valence-corrected chi connectivity index (χ4v) is 9.18. The van der Waals surface area contributed by atoms with Crippen LogP contribution in [0.15, 0.2) is 24.3 Å². The van der Waals surface area contributed by atoms with Gasteiger partial charge in [-0.15, -0.1) is 0 Å². The molecular weight excluding hydrogens is 828 g/mol. The number of likely N-dealkylation sites (N-methyl/N-ethyl adjacent to an activating group) is 1. The number of aliphatic hydroxyl groups is 1. The summed E-state index contributed by atoms with van der Waals surface area (Å²) >= 11 is 0. The molecule has 0 bridgehead atoms. The monoisotopic (exact) mass is 939 g/mol. The highest BCUT2D eigenvalue weighted by molar-refractivity contribution is 7.45. The molecule has 0 aromatic heterocycles. The molecule has 8 nitrogen and oxygen atoms in total. The molecule has 0 saturated heterocycles. The molecular formula is C56H111N2O6P. The normalized spacial score (nSPS) is 14.1. The smallest absolute Gasteiger partial charge is 0.268 e. The van der Waals surface area contributed by atoms with E-state index in [1.165, 1.54) is 218 Å². The minimum Gasteiger partial charge on any atom is -0.756 e. The molecule has 1 amide bonds. The third-order valence-corrected chi connectivity index (χ3v) is 13.9. The zero-order valence-corrected chi connectivity index (χ0v) is 44.9. The van der Waals surface area contributed by atoms with E-state index in [1.807, 2.05) is 27.2 Å². The van der Waals surface area contributed by atoms with Crippen molar-refractivity contribution in [2.45, 2.75) is 289 Å². The molecule has 0 aliphatic carbocycles. The summed E-state index contributed by atoms with van der Waals surface area (Å²) in [6.45, 7) is 4.57. The number of aliphatic hydroxyl groups excluding tert-OH is 1. The standard InChI is InChI=1S/C56H111N2O6P/c1-6-8-10-12-14-16-17-18-19-20-21-22-23-24-25-26-27-28-29-30-31-32-33-34-35-36-37-38-39-40-41-42-44-46-48-50-56(60)57-54(53-64-65(61,62)63-52-51-58(3,4)5)55(59)49-47-45-43-15-13-11-9-7-2/h13,15,47,49,54-55,59H,6-12,14,16-46,48,50-53H2,1-5H3,(H-,57,60,61,62)/b15-13+,49-47+. The first kappa shape index (κ1) is 64.0. The molecule has 2 N–H and O–H groups in total. The lowest BCUT2D eigenvalue weighted by atomic mass is 10.0. The lowest BCUT2D eigenvalue weighted by Gasteiger charge is -2.29. The van der Waals surface area contributed by atoms with E-state index < -0.39 is 20.0 Å². The van der Waals surface area contributed by atoms with E-state index in [0.717, 1.165) is 38.5 Å². The van der Waals surface area contributed by atoms with Crippen LogP contribution in [0.5, 0.6) is 0 Å². The lowest BCUT2D eigenvalue weighted by molar-refractivity contribution is -0.870. The van der Waals surface area contributed by atoms with E-state index in [0.29, 0.717) is 17.4 Å². The lowest BCUT2D eigenvalue weighted by Crippen LogP contribution is -2.45. The van der Waals surface area contributed by atoms with Crippen molar-refractivity contribution in [3.8, 4) is 0 Å². The van der Waals surface area contributed by atoms with Crippen molar-refractivity contribution in [1.82, 2.24) is 5.32 Å². The largest absolute Gasteiger partial charge is 0.756 e. The van der Waals surface area contributed by atoms with Crippen LogP contribution in [0.3, 0.4) is 0 Å². The first-order valence-electron chi connectivity index (χ1n) is 28.2.